The predicted molar refractivity (Wildman–Crippen MR) is 51.2 cm³/mol. The van der Waals surface area contributed by atoms with Gasteiger partial charge < -0.3 is 0 Å². The first kappa shape index (κ1) is 13.4. The van der Waals surface area contributed by atoms with Crippen molar-refractivity contribution in [3.63, 3.8) is 0 Å². The van der Waals surface area contributed by atoms with Gasteiger partial charge in [0.2, 0.25) is 0 Å². The van der Waals surface area contributed by atoms with Crippen LogP contribution in [0.1, 0.15) is 5.56 Å². The summed E-state index contributed by atoms with van der Waals surface area (Å²) in [6.45, 7) is 0. The number of halogens is 3. The van der Waals surface area contributed by atoms with Gasteiger partial charge in [0.1, 0.15) is 5.56 Å². The number of sulfone groups is 1. The molecule has 9 heteroatoms. The van der Waals surface area contributed by atoms with Crippen LogP contribution in [0.25, 0.3) is 0 Å². The molecule has 0 aliphatic heterocycles. The number of alkyl halides is 3. The van der Waals surface area contributed by atoms with Gasteiger partial charge in [-0.1, -0.05) is 0 Å². The van der Waals surface area contributed by atoms with Crippen LogP contribution in [0, 0.1) is 10.1 Å². The highest BCUT2D eigenvalue weighted by molar-refractivity contribution is 7.90. The second-order valence-corrected chi connectivity index (χ2v) is 5.22. The van der Waals surface area contributed by atoms with Gasteiger partial charge in [0, 0.05) is 12.3 Å². The Morgan fingerprint density at radius 1 is 1.29 bits per heavy atom. The number of rotatable bonds is 2. The highest BCUT2D eigenvalue weighted by Gasteiger charge is 2.39. The van der Waals surface area contributed by atoms with E-state index in [2.05, 4.69) is 0 Å². The molecule has 0 aromatic heterocycles. The molecular formula is C8H6F3NO4S. The average Bonchev–Trinajstić information content (AvgIpc) is 2.14. The summed E-state index contributed by atoms with van der Waals surface area (Å²) >= 11 is 0. The van der Waals surface area contributed by atoms with Crippen LogP contribution < -0.4 is 0 Å². The van der Waals surface area contributed by atoms with Gasteiger partial charge in [0.05, 0.1) is 9.82 Å². The maximum absolute atomic E-state index is 12.5. The van der Waals surface area contributed by atoms with Crippen molar-refractivity contribution in [1.82, 2.24) is 0 Å². The quantitative estimate of drug-likeness (QED) is 0.607. The lowest BCUT2D eigenvalue weighted by Crippen LogP contribution is -2.10. The zero-order valence-corrected chi connectivity index (χ0v) is 9.17. The van der Waals surface area contributed by atoms with E-state index < -0.39 is 37.1 Å². The third-order valence-electron chi connectivity index (χ3n) is 1.90. The second-order valence-electron chi connectivity index (χ2n) is 3.21. The Bertz CT molecular complexity index is 565. The van der Waals surface area contributed by atoms with Gasteiger partial charge >= 0.3 is 6.18 Å². The molecule has 1 aromatic rings. The molecule has 0 saturated carbocycles. The molecule has 0 heterocycles. The number of benzene rings is 1. The second kappa shape index (κ2) is 3.99. The Hall–Kier alpha value is -1.64. The molecule has 0 N–H and O–H groups in total. The van der Waals surface area contributed by atoms with E-state index in [9.17, 15) is 31.7 Å². The van der Waals surface area contributed by atoms with Crippen LogP contribution in [0.3, 0.4) is 0 Å². The smallest absolute Gasteiger partial charge is 0.258 e. The minimum absolute atomic E-state index is 0.257. The van der Waals surface area contributed by atoms with Gasteiger partial charge in [-0.3, -0.25) is 10.1 Å². The molecule has 0 saturated heterocycles. The van der Waals surface area contributed by atoms with E-state index in [1.807, 2.05) is 0 Å². The summed E-state index contributed by atoms with van der Waals surface area (Å²) in [5.41, 5.74) is -2.75. The molecule has 0 bridgehead atoms. The number of hydrogen-bond donors (Lipinski definition) is 0. The summed E-state index contributed by atoms with van der Waals surface area (Å²) in [6, 6.07) is 1.55. The molecular weight excluding hydrogens is 263 g/mol. The Labute approximate surface area is 93.9 Å². The highest BCUT2D eigenvalue weighted by atomic mass is 32.2. The monoisotopic (exact) mass is 269 g/mol. The summed E-state index contributed by atoms with van der Waals surface area (Å²) in [5, 5.41) is 10.4. The normalized spacial score (nSPS) is 12.5. The van der Waals surface area contributed by atoms with Crippen molar-refractivity contribution in [2.24, 2.45) is 0 Å². The maximum atomic E-state index is 12.5. The number of nitrogens with zero attached hydrogens (tertiary/aromatic N) is 1. The van der Waals surface area contributed by atoms with Crippen LogP contribution in [0.5, 0.6) is 0 Å². The summed E-state index contributed by atoms with van der Waals surface area (Å²) in [6.07, 6.45) is -4.27. The van der Waals surface area contributed by atoms with E-state index in [0.717, 1.165) is 6.07 Å². The molecule has 94 valence electrons. The Kier molecular flexibility index (Phi) is 3.15. The standard InChI is InChI=1S/C8H6F3NO4S/c1-17(15,16)5-2-3-7(12(13)14)6(4-5)8(9,10)11/h2-4H,1H3. The number of nitro benzene ring substituents is 1. The van der Waals surface area contributed by atoms with Crippen LogP contribution in [0.2, 0.25) is 0 Å². The van der Waals surface area contributed by atoms with Crippen molar-refractivity contribution in [3.05, 3.63) is 33.9 Å². The van der Waals surface area contributed by atoms with Crippen molar-refractivity contribution >= 4 is 15.5 Å². The molecule has 1 aromatic carbocycles. The molecule has 0 aliphatic carbocycles. The van der Waals surface area contributed by atoms with Crippen molar-refractivity contribution in [2.75, 3.05) is 6.26 Å². The summed E-state index contributed by atoms with van der Waals surface area (Å²) in [5.74, 6) is 0. The first-order valence-electron chi connectivity index (χ1n) is 4.09. The van der Waals surface area contributed by atoms with Gasteiger partial charge in [0.15, 0.2) is 9.84 Å². The SMILES string of the molecule is CS(=O)(=O)c1ccc([N+](=O)[O-])c(C(F)(F)F)c1. The Morgan fingerprint density at radius 2 is 1.82 bits per heavy atom. The summed E-state index contributed by atoms with van der Waals surface area (Å²) in [7, 11) is -3.85. The molecule has 17 heavy (non-hydrogen) atoms. The minimum Gasteiger partial charge on any atom is -0.258 e. The highest BCUT2D eigenvalue weighted by Crippen LogP contribution is 2.37. The fraction of sp³-hybridized carbons (Fsp3) is 0.250. The zero-order chi connectivity index (χ0) is 13.4. The third-order valence-corrected chi connectivity index (χ3v) is 3.01. The van der Waals surface area contributed by atoms with Crippen LogP contribution in [0.15, 0.2) is 23.1 Å². The third kappa shape index (κ3) is 2.93. The van der Waals surface area contributed by atoms with Crippen LogP contribution >= 0.6 is 0 Å². The molecule has 0 atom stereocenters. The largest absolute Gasteiger partial charge is 0.423 e. The average molecular weight is 269 g/mol. The molecule has 0 spiro atoms. The lowest BCUT2D eigenvalue weighted by Gasteiger charge is -2.08. The summed E-state index contributed by atoms with van der Waals surface area (Å²) < 4.78 is 59.5. The van der Waals surface area contributed by atoms with Crippen molar-refractivity contribution in [1.29, 1.82) is 0 Å². The first-order valence-corrected chi connectivity index (χ1v) is 5.98. The Balaban J connectivity index is 3.57. The molecule has 0 fully saturated rings. The van der Waals surface area contributed by atoms with Gasteiger partial charge in [-0.05, 0) is 12.1 Å². The van der Waals surface area contributed by atoms with Gasteiger partial charge in [-0.15, -0.1) is 0 Å². The molecule has 1 rings (SSSR count). The fourth-order valence-electron chi connectivity index (χ4n) is 1.13. The van der Waals surface area contributed by atoms with Crippen LogP contribution in [-0.2, 0) is 16.0 Å². The lowest BCUT2D eigenvalue weighted by atomic mass is 10.2. The maximum Gasteiger partial charge on any atom is 0.423 e. The zero-order valence-electron chi connectivity index (χ0n) is 8.35. The van der Waals surface area contributed by atoms with Gasteiger partial charge in [0.25, 0.3) is 5.69 Å². The van der Waals surface area contributed by atoms with Crippen molar-refractivity contribution in [2.45, 2.75) is 11.1 Å². The molecule has 0 unspecified atom stereocenters. The topological polar surface area (TPSA) is 77.3 Å². The van der Waals surface area contributed by atoms with Crippen molar-refractivity contribution < 1.29 is 26.5 Å². The minimum atomic E-state index is -4.98. The Morgan fingerprint density at radius 3 is 2.18 bits per heavy atom. The van der Waals surface area contributed by atoms with E-state index in [-0.39, 0.29) is 6.07 Å². The lowest BCUT2D eigenvalue weighted by molar-refractivity contribution is -0.388. The molecule has 5 nitrogen and oxygen atoms in total. The predicted octanol–water partition coefficient (Wildman–Crippen LogP) is 2.02. The van der Waals surface area contributed by atoms with E-state index in [1.54, 1.807) is 0 Å². The van der Waals surface area contributed by atoms with Crippen molar-refractivity contribution in [3.8, 4) is 0 Å². The summed E-state index contributed by atoms with van der Waals surface area (Å²) in [4.78, 5) is 8.56. The van der Waals surface area contributed by atoms with E-state index in [0.29, 0.717) is 12.3 Å². The van der Waals surface area contributed by atoms with E-state index in [1.165, 1.54) is 0 Å². The van der Waals surface area contributed by atoms with Gasteiger partial charge in [-0.25, -0.2) is 8.42 Å². The number of hydrogen-bond acceptors (Lipinski definition) is 4. The molecule has 0 aliphatic rings. The molecule has 0 radical (unpaired) electrons. The van der Waals surface area contributed by atoms with E-state index >= 15 is 0 Å². The van der Waals surface area contributed by atoms with Crippen LogP contribution in [-0.4, -0.2) is 19.6 Å². The number of nitro groups is 1. The first-order chi connectivity index (χ1) is 7.53. The fourth-order valence-corrected chi connectivity index (χ4v) is 1.78. The van der Waals surface area contributed by atoms with Gasteiger partial charge in [-0.2, -0.15) is 13.2 Å². The van der Waals surface area contributed by atoms with Crippen LogP contribution in [0.4, 0.5) is 18.9 Å². The van der Waals surface area contributed by atoms with E-state index in [4.69, 9.17) is 0 Å². The molecule has 0 amide bonds.